The van der Waals surface area contributed by atoms with Crippen molar-refractivity contribution in [3.63, 3.8) is 0 Å². The molecule has 2 aromatic rings. The number of benzene rings is 2. The lowest BCUT2D eigenvalue weighted by atomic mass is 10.1. The molecule has 0 unspecified atom stereocenters. The molecule has 174 valence electrons. The topological polar surface area (TPSA) is 58.6 Å². The lowest BCUT2D eigenvalue weighted by Gasteiger charge is -2.31. The lowest BCUT2D eigenvalue weighted by Crippen LogP contribution is -2.51. The van der Waals surface area contributed by atoms with Crippen molar-refractivity contribution in [3.8, 4) is 5.75 Å². The van der Waals surface area contributed by atoms with Gasteiger partial charge in [-0.05, 0) is 68.1 Å². The van der Waals surface area contributed by atoms with Crippen molar-refractivity contribution >= 4 is 50.9 Å². The molecule has 2 aromatic carbocycles. The monoisotopic (exact) mass is 542 g/mol. The highest BCUT2D eigenvalue weighted by Crippen LogP contribution is 2.25. The fourth-order valence-corrected chi connectivity index (χ4v) is 3.70. The van der Waals surface area contributed by atoms with E-state index in [2.05, 4.69) is 21.2 Å². The minimum Gasteiger partial charge on any atom is -0.484 e. The minimum absolute atomic E-state index is 0.0143. The Hall–Kier alpha value is -1.76. The van der Waals surface area contributed by atoms with E-state index in [9.17, 15) is 9.59 Å². The van der Waals surface area contributed by atoms with E-state index >= 15 is 0 Å². The number of carbonyl (C=O) groups excluding carboxylic acids is 2. The molecule has 2 amide bonds. The molecule has 0 aliphatic rings. The Bertz CT molecular complexity index is 955. The van der Waals surface area contributed by atoms with Crippen LogP contribution >= 0.6 is 39.1 Å². The van der Waals surface area contributed by atoms with Crippen LogP contribution in [-0.4, -0.2) is 35.4 Å². The normalized spacial score (nSPS) is 12.7. The van der Waals surface area contributed by atoms with Gasteiger partial charge in [0, 0.05) is 17.1 Å². The first-order chi connectivity index (χ1) is 15.2. The van der Waals surface area contributed by atoms with Crippen molar-refractivity contribution in [2.24, 2.45) is 0 Å². The van der Waals surface area contributed by atoms with Crippen LogP contribution < -0.4 is 10.1 Å². The average molecular weight is 544 g/mol. The summed E-state index contributed by atoms with van der Waals surface area (Å²) >= 11 is 15.7. The molecule has 0 heterocycles. The fraction of sp³-hybridized carbons (Fsp3) is 0.417. The fourth-order valence-electron chi connectivity index (χ4n) is 3.13. The Morgan fingerprint density at radius 3 is 2.41 bits per heavy atom. The van der Waals surface area contributed by atoms with Crippen LogP contribution in [0.15, 0.2) is 40.9 Å². The molecule has 2 rings (SSSR count). The summed E-state index contributed by atoms with van der Waals surface area (Å²) in [5, 5.41) is 3.82. The number of ether oxygens (including phenoxy) is 1. The van der Waals surface area contributed by atoms with E-state index in [1.165, 1.54) is 0 Å². The smallest absolute Gasteiger partial charge is 0.261 e. The van der Waals surface area contributed by atoms with E-state index in [0.717, 1.165) is 22.0 Å². The highest BCUT2D eigenvalue weighted by atomic mass is 79.9. The number of amides is 2. The summed E-state index contributed by atoms with van der Waals surface area (Å²) in [6.07, 6.45) is 1.27. The van der Waals surface area contributed by atoms with E-state index < -0.39 is 6.04 Å². The zero-order valence-corrected chi connectivity index (χ0v) is 21.9. The molecule has 0 aliphatic carbocycles. The molecule has 8 heteroatoms. The van der Waals surface area contributed by atoms with Crippen molar-refractivity contribution in [3.05, 3.63) is 62.0 Å². The number of nitrogens with one attached hydrogen (secondary N) is 1. The molecule has 0 spiro atoms. The first-order valence-electron chi connectivity index (χ1n) is 10.6. The molecule has 32 heavy (non-hydrogen) atoms. The van der Waals surface area contributed by atoms with Crippen LogP contribution in [0, 0.1) is 6.92 Å². The van der Waals surface area contributed by atoms with Gasteiger partial charge in [0.25, 0.3) is 5.91 Å². The quantitative estimate of drug-likeness (QED) is 0.390. The van der Waals surface area contributed by atoms with E-state index in [-0.39, 0.29) is 31.0 Å². The Morgan fingerprint density at radius 2 is 1.81 bits per heavy atom. The molecule has 0 aromatic heterocycles. The maximum atomic E-state index is 13.2. The molecule has 0 saturated heterocycles. The van der Waals surface area contributed by atoms with Gasteiger partial charge in [-0.25, -0.2) is 0 Å². The highest BCUT2D eigenvalue weighted by molar-refractivity contribution is 9.10. The maximum absolute atomic E-state index is 13.2. The zero-order chi connectivity index (χ0) is 23.8. The van der Waals surface area contributed by atoms with Crippen molar-refractivity contribution in [2.75, 3.05) is 6.61 Å². The van der Waals surface area contributed by atoms with Crippen LogP contribution in [0.2, 0.25) is 10.0 Å². The first kappa shape index (κ1) is 26.5. The van der Waals surface area contributed by atoms with Gasteiger partial charge in [-0.1, -0.05) is 59.0 Å². The SMILES string of the molecule is CC[C@H](C(=O)N[C@@H](C)CC)N(Cc1ccc(Cl)c(Cl)c1)C(=O)COc1ccc(Br)c(C)c1. The Labute approximate surface area is 208 Å². The number of aryl methyl sites for hydroxylation is 1. The third-order valence-electron chi connectivity index (χ3n) is 5.22. The van der Waals surface area contributed by atoms with Gasteiger partial charge in [0.1, 0.15) is 11.8 Å². The second-order valence-electron chi connectivity index (χ2n) is 7.71. The molecule has 0 bridgehead atoms. The van der Waals surface area contributed by atoms with E-state index in [4.69, 9.17) is 27.9 Å². The number of nitrogens with zero attached hydrogens (tertiary/aromatic N) is 1. The Morgan fingerprint density at radius 1 is 1.09 bits per heavy atom. The third kappa shape index (κ3) is 7.39. The standard InChI is InChI=1S/C24H29BrCl2N2O3/c1-5-16(4)28-24(31)22(6-2)29(13-17-7-10-20(26)21(27)12-17)23(30)14-32-18-8-9-19(25)15(3)11-18/h7-12,16,22H,5-6,13-14H2,1-4H3,(H,28,31)/t16-,22+/m0/s1. The molecule has 0 saturated carbocycles. The number of halogens is 3. The molecule has 0 fully saturated rings. The summed E-state index contributed by atoms with van der Waals surface area (Å²) in [5.74, 6) is 0.114. The van der Waals surface area contributed by atoms with Crippen LogP contribution in [0.3, 0.4) is 0 Å². The summed E-state index contributed by atoms with van der Waals surface area (Å²) in [6, 6.07) is 10.1. The summed E-state index contributed by atoms with van der Waals surface area (Å²) in [6.45, 7) is 7.80. The maximum Gasteiger partial charge on any atom is 0.261 e. The summed E-state index contributed by atoms with van der Waals surface area (Å²) < 4.78 is 6.71. The first-order valence-corrected chi connectivity index (χ1v) is 12.1. The van der Waals surface area contributed by atoms with Gasteiger partial charge >= 0.3 is 0 Å². The average Bonchev–Trinajstić information content (AvgIpc) is 2.76. The second kappa shape index (κ2) is 12.5. The van der Waals surface area contributed by atoms with Crippen LogP contribution in [0.4, 0.5) is 0 Å². The molecule has 1 N–H and O–H groups in total. The van der Waals surface area contributed by atoms with Crippen molar-refractivity contribution in [2.45, 2.75) is 59.2 Å². The van der Waals surface area contributed by atoms with Gasteiger partial charge < -0.3 is 15.0 Å². The van der Waals surface area contributed by atoms with E-state index in [0.29, 0.717) is 22.2 Å². The zero-order valence-electron chi connectivity index (χ0n) is 18.8. The van der Waals surface area contributed by atoms with Crippen molar-refractivity contribution in [1.29, 1.82) is 0 Å². The number of rotatable bonds is 10. The molecule has 2 atom stereocenters. The van der Waals surface area contributed by atoms with Crippen molar-refractivity contribution < 1.29 is 14.3 Å². The highest BCUT2D eigenvalue weighted by Gasteiger charge is 2.29. The number of hydrogen-bond donors (Lipinski definition) is 1. The second-order valence-corrected chi connectivity index (χ2v) is 9.38. The minimum atomic E-state index is -0.638. The Balaban J connectivity index is 2.25. The third-order valence-corrected chi connectivity index (χ3v) is 6.84. The summed E-state index contributed by atoms with van der Waals surface area (Å²) in [5.41, 5.74) is 1.78. The Kier molecular flexibility index (Phi) is 10.3. The summed E-state index contributed by atoms with van der Waals surface area (Å²) in [7, 11) is 0. The predicted octanol–water partition coefficient (Wildman–Crippen LogP) is 6.17. The predicted molar refractivity (Wildman–Crippen MR) is 133 cm³/mol. The molecule has 5 nitrogen and oxygen atoms in total. The van der Waals surface area contributed by atoms with E-state index in [1.807, 2.05) is 39.8 Å². The molecular formula is C24H29BrCl2N2O3. The largest absolute Gasteiger partial charge is 0.484 e. The van der Waals surface area contributed by atoms with Gasteiger partial charge in [0.05, 0.1) is 10.0 Å². The van der Waals surface area contributed by atoms with Crippen LogP contribution in [0.25, 0.3) is 0 Å². The van der Waals surface area contributed by atoms with Crippen molar-refractivity contribution in [1.82, 2.24) is 10.2 Å². The van der Waals surface area contributed by atoms with Gasteiger partial charge in [-0.3, -0.25) is 9.59 Å². The lowest BCUT2D eigenvalue weighted by molar-refractivity contribution is -0.143. The van der Waals surface area contributed by atoms with Gasteiger partial charge in [-0.15, -0.1) is 0 Å². The van der Waals surface area contributed by atoms with Crippen LogP contribution in [0.5, 0.6) is 5.75 Å². The summed E-state index contributed by atoms with van der Waals surface area (Å²) in [4.78, 5) is 27.7. The molecule has 0 radical (unpaired) electrons. The number of hydrogen-bond acceptors (Lipinski definition) is 3. The van der Waals surface area contributed by atoms with Gasteiger partial charge in [0.2, 0.25) is 5.91 Å². The molecular weight excluding hydrogens is 515 g/mol. The van der Waals surface area contributed by atoms with E-state index in [1.54, 1.807) is 29.2 Å². The van der Waals surface area contributed by atoms with Gasteiger partial charge in [0.15, 0.2) is 6.61 Å². The molecule has 0 aliphatic heterocycles. The number of carbonyl (C=O) groups is 2. The van der Waals surface area contributed by atoms with Gasteiger partial charge in [-0.2, -0.15) is 0 Å². The van der Waals surface area contributed by atoms with Crippen LogP contribution in [-0.2, 0) is 16.1 Å². The van der Waals surface area contributed by atoms with Crippen LogP contribution in [0.1, 0.15) is 44.7 Å².